The molecule has 0 aliphatic heterocycles. The summed E-state index contributed by atoms with van der Waals surface area (Å²) in [5.74, 6) is 0.698. The van der Waals surface area contributed by atoms with E-state index in [0.29, 0.717) is 5.82 Å². The van der Waals surface area contributed by atoms with Crippen molar-refractivity contribution in [1.29, 1.82) is 0 Å². The van der Waals surface area contributed by atoms with Gasteiger partial charge in [-0.3, -0.25) is 0 Å². The summed E-state index contributed by atoms with van der Waals surface area (Å²) in [5, 5.41) is 5.97. The van der Waals surface area contributed by atoms with Crippen LogP contribution in [0.25, 0.3) is 111 Å². The second kappa shape index (κ2) is 13.8. The first kappa shape index (κ1) is 34.0. The third kappa shape index (κ3) is 5.53. The average Bonchev–Trinajstić information content (AvgIpc) is 3.84. The normalized spacial score (nSPS) is 11.7. The lowest BCUT2D eigenvalue weighted by atomic mass is 9.98. The molecule has 0 spiro atoms. The standard InChI is InChI=1S/C56H36N4/c1-4-15-37(16-5-1)55-49-34-39(41-28-31-48-46-24-11-13-26-52(46)60(54(48)36-41)44-21-8-3-9-22-44)29-32-50(49)57-56(58-55)42-18-14-17-38(33-42)40-27-30-47-45-23-10-12-25-51(45)59(53(47)35-40)43-19-6-2-7-20-43/h1-36H. The Morgan fingerprint density at radius 3 is 1.32 bits per heavy atom. The zero-order valence-electron chi connectivity index (χ0n) is 32.6. The van der Waals surface area contributed by atoms with Crippen LogP contribution >= 0.6 is 0 Å². The van der Waals surface area contributed by atoms with Crippen molar-refractivity contribution in [2.24, 2.45) is 0 Å². The van der Waals surface area contributed by atoms with E-state index in [0.717, 1.165) is 61.4 Å². The molecule has 0 saturated heterocycles. The Labute approximate surface area is 346 Å². The molecule has 0 unspecified atom stereocenters. The SMILES string of the molecule is c1ccc(-c2nc(-c3cccc(-c4ccc5c6ccccc6n(-c6ccccc6)c5c4)c3)nc3ccc(-c4ccc5c6ccccc6n(-c6ccccc6)c5c4)cc23)cc1. The number of nitrogens with zero attached hydrogens (tertiary/aromatic N) is 4. The molecule has 0 radical (unpaired) electrons. The zero-order chi connectivity index (χ0) is 39.6. The number of benzene rings is 9. The first-order valence-corrected chi connectivity index (χ1v) is 20.4. The van der Waals surface area contributed by atoms with Gasteiger partial charge in [0.2, 0.25) is 0 Å². The van der Waals surface area contributed by atoms with Gasteiger partial charge in [-0.25, -0.2) is 9.97 Å². The van der Waals surface area contributed by atoms with E-state index < -0.39 is 0 Å². The summed E-state index contributed by atoms with van der Waals surface area (Å²) in [7, 11) is 0. The summed E-state index contributed by atoms with van der Waals surface area (Å²) >= 11 is 0. The van der Waals surface area contributed by atoms with E-state index in [9.17, 15) is 0 Å². The van der Waals surface area contributed by atoms with Crippen LogP contribution in [0, 0.1) is 0 Å². The Hall–Kier alpha value is -8.08. The molecule has 3 aromatic heterocycles. The van der Waals surface area contributed by atoms with Gasteiger partial charge in [-0.15, -0.1) is 0 Å². The highest BCUT2D eigenvalue weighted by Crippen LogP contribution is 2.39. The molecular formula is C56H36N4. The fraction of sp³-hybridized carbons (Fsp3) is 0. The summed E-state index contributed by atoms with van der Waals surface area (Å²) in [6.07, 6.45) is 0. The van der Waals surface area contributed by atoms with Crippen molar-refractivity contribution in [2.75, 3.05) is 0 Å². The number of hydrogen-bond acceptors (Lipinski definition) is 2. The largest absolute Gasteiger partial charge is 0.309 e. The van der Waals surface area contributed by atoms with Crippen LogP contribution in [0.2, 0.25) is 0 Å². The van der Waals surface area contributed by atoms with Crippen molar-refractivity contribution >= 4 is 54.5 Å². The minimum Gasteiger partial charge on any atom is -0.309 e. The molecule has 0 saturated carbocycles. The Kier molecular flexibility index (Phi) is 7.82. The van der Waals surface area contributed by atoms with E-state index in [4.69, 9.17) is 9.97 Å². The minimum absolute atomic E-state index is 0.698. The first-order chi connectivity index (χ1) is 29.7. The smallest absolute Gasteiger partial charge is 0.160 e. The molecule has 0 amide bonds. The summed E-state index contributed by atoms with van der Waals surface area (Å²) in [6.45, 7) is 0. The monoisotopic (exact) mass is 764 g/mol. The number of rotatable bonds is 6. The fourth-order valence-electron chi connectivity index (χ4n) is 9.10. The van der Waals surface area contributed by atoms with Crippen molar-refractivity contribution in [1.82, 2.24) is 19.1 Å². The first-order valence-electron chi connectivity index (χ1n) is 20.4. The van der Waals surface area contributed by atoms with Crippen molar-refractivity contribution in [3.63, 3.8) is 0 Å². The molecule has 0 bridgehead atoms. The highest BCUT2D eigenvalue weighted by molar-refractivity contribution is 6.11. The molecule has 0 N–H and O–H groups in total. The third-order valence-electron chi connectivity index (χ3n) is 11.9. The van der Waals surface area contributed by atoms with Crippen LogP contribution in [0.3, 0.4) is 0 Å². The number of aromatic nitrogens is 4. The number of hydrogen-bond donors (Lipinski definition) is 0. The van der Waals surface area contributed by atoms with Gasteiger partial charge >= 0.3 is 0 Å². The molecule has 0 aliphatic rings. The lowest BCUT2D eigenvalue weighted by Crippen LogP contribution is -1.96. The Balaban J connectivity index is 0.987. The van der Waals surface area contributed by atoms with Gasteiger partial charge < -0.3 is 9.13 Å². The van der Waals surface area contributed by atoms with E-state index in [-0.39, 0.29) is 0 Å². The minimum atomic E-state index is 0.698. The molecule has 4 heteroatoms. The maximum absolute atomic E-state index is 5.36. The van der Waals surface area contributed by atoms with Gasteiger partial charge in [0.15, 0.2) is 5.82 Å². The predicted molar refractivity (Wildman–Crippen MR) is 250 cm³/mol. The molecule has 3 heterocycles. The van der Waals surface area contributed by atoms with Crippen LogP contribution < -0.4 is 0 Å². The van der Waals surface area contributed by atoms with Crippen molar-refractivity contribution < 1.29 is 0 Å². The maximum atomic E-state index is 5.36. The summed E-state index contributed by atoms with van der Waals surface area (Å²) in [5.41, 5.74) is 15.4. The Bertz CT molecular complexity index is 3580. The van der Waals surface area contributed by atoms with Gasteiger partial charge in [-0.1, -0.05) is 152 Å². The van der Waals surface area contributed by atoms with Crippen LogP contribution in [0.15, 0.2) is 218 Å². The third-order valence-corrected chi connectivity index (χ3v) is 11.9. The summed E-state index contributed by atoms with van der Waals surface area (Å²) in [4.78, 5) is 10.6. The average molecular weight is 765 g/mol. The van der Waals surface area contributed by atoms with Crippen LogP contribution in [0.1, 0.15) is 0 Å². The lowest BCUT2D eigenvalue weighted by Gasteiger charge is -2.13. The Morgan fingerprint density at radius 1 is 0.267 bits per heavy atom. The van der Waals surface area contributed by atoms with Crippen LogP contribution in [0.5, 0.6) is 0 Å². The van der Waals surface area contributed by atoms with Gasteiger partial charge in [-0.05, 0) is 89.0 Å². The van der Waals surface area contributed by atoms with E-state index in [1.54, 1.807) is 0 Å². The van der Waals surface area contributed by atoms with Gasteiger partial charge in [0, 0.05) is 49.4 Å². The second-order valence-corrected chi connectivity index (χ2v) is 15.4. The maximum Gasteiger partial charge on any atom is 0.160 e. The molecular weight excluding hydrogens is 729 g/mol. The number of fused-ring (bicyclic) bond motifs is 7. The highest BCUT2D eigenvalue weighted by atomic mass is 15.0. The van der Waals surface area contributed by atoms with Crippen LogP contribution in [0.4, 0.5) is 0 Å². The molecule has 12 rings (SSSR count). The molecule has 280 valence electrons. The molecule has 0 fully saturated rings. The molecule has 9 aromatic carbocycles. The summed E-state index contributed by atoms with van der Waals surface area (Å²) < 4.78 is 4.74. The zero-order valence-corrected chi connectivity index (χ0v) is 32.6. The van der Waals surface area contributed by atoms with Crippen LogP contribution in [-0.4, -0.2) is 19.1 Å². The van der Waals surface area contributed by atoms with Crippen LogP contribution in [-0.2, 0) is 0 Å². The molecule has 0 atom stereocenters. The van der Waals surface area contributed by atoms with Gasteiger partial charge in [0.05, 0.1) is 33.3 Å². The summed E-state index contributed by atoms with van der Waals surface area (Å²) in [6, 6.07) is 77.9. The molecule has 60 heavy (non-hydrogen) atoms. The fourth-order valence-corrected chi connectivity index (χ4v) is 9.10. The van der Waals surface area contributed by atoms with Gasteiger partial charge in [-0.2, -0.15) is 0 Å². The highest BCUT2D eigenvalue weighted by Gasteiger charge is 2.17. The van der Waals surface area contributed by atoms with Crippen molar-refractivity contribution in [3.05, 3.63) is 218 Å². The second-order valence-electron chi connectivity index (χ2n) is 15.4. The molecule has 12 aromatic rings. The van der Waals surface area contributed by atoms with E-state index >= 15 is 0 Å². The molecule has 4 nitrogen and oxygen atoms in total. The van der Waals surface area contributed by atoms with E-state index in [2.05, 4.69) is 228 Å². The van der Waals surface area contributed by atoms with Gasteiger partial charge in [0.25, 0.3) is 0 Å². The number of para-hydroxylation sites is 4. The van der Waals surface area contributed by atoms with E-state index in [1.807, 2.05) is 0 Å². The molecule has 0 aliphatic carbocycles. The Morgan fingerprint density at radius 2 is 0.717 bits per heavy atom. The lowest BCUT2D eigenvalue weighted by molar-refractivity contribution is 1.18. The van der Waals surface area contributed by atoms with E-state index in [1.165, 1.54) is 43.6 Å². The van der Waals surface area contributed by atoms with Gasteiger partial charge in [0.1, 0.15) is 0 Å². The predicted octanol–water partition coefficient (Wildman–Crippen LogP) is 14.5. The quantitative estimate of drug-likeness (QED) is 0.169. The van der Waals surface area contributed by atoms with Crippen molar-refractivity contribution in [2.45, 2.75) is 0 Å². The topological polar surface area (TPSA) is 35.6 Å². The van der Waals surface area contributed by atoms with Crippen molar-refractivity contribution in [3.8, 4) is 56.3 Å².